The highest BCUT2D eigenvalue weighted by Crippen LogP contribution is 2.27. The van der Waals surface area contributed by atoms with Gasteiger partial charge >= 0.3 is 0 Å². The molecule has 0 aliphatic carbocycles. The van der Waals surface area contributed by atoms with Crippen LogP contribution in [0.4, 0.5) is 0 Å². The van der Waals surface area contributed by atoms with Crippen molar-refractivity contribution in [2.45, 2.75) is 6.92 Å². The van der Waals surface area contributed by atoms with Gasteiger partial charge in [0.2, 0.25) is 0 Å². The average Bonchev–Trinajstić information content (AvgIpc) is 2.28. The zero-order chi connectivity index (χ0) is 13.1. The second-order valence-corrected chi connectivity index (χ2v) is 4.68. The van der Waals surface area contributed by atoms with Crippen LogP contribution < -0.4 is 10.5 Å². The van der Waals surface area contributed by atoms with Gasteiger partial charge < -0.3 is 10.5 Å². The highest BCUT2D eigenvalue weighted by atomic mass is 35.5. The third-order valence-electron chi connectivity index (χ3n) is 2.31. The first kappa shape index (κ1) is 12.8. The van der Waals surface area contributed by atoms with E-state index in [1.165, 1.54) is 0 Å². The van der Waals surface area contributed by atoms with E-state index in [4.69, 9.17) is 34.3 Å². The fourth-order valence-electron chi connectivity index (χ4n) is 1.49. The van der Waals surface area contributed by atoms with E-state index in [-0.39, 0.29) is 0 Å². The SMILES string of the molecule is Cc1ccc(C(N)=S)c(Oc2cncc(Cl)c2)c1. The first-order chi connectivity index (χ1) is 8.56. The lowest BCUT2D eigenvalue weighted by atomic mass is 10.1. The molecule has 0 aliphatic heterocycles. The topological polar surface area (TPSA) is 48.1 Å². The summed E-state index contributed by atoms with van der Waals surface area (Å²) in [5.74, 6) is 1.15. The highest BCUT2D eigenvalue weighted by Gasteiger charge is 2.08. The molecule has 1 aromatic carbocycles. The fraction of sp³-hybridized carbons (Fsp3) is 0.0769. The quantitative estimate of drug-likeness (QED) is 0.874. The Morgan fingerprint density at radius 1 is 1.33 bits per heavy atom. The van der Waals surface area contributed by atoms with Crippen LogP contribution in [-0.4, -0.2) is 9.97 Å². The number of benzene rings is 1. The number of aryl methyl sites for hydroxylation is 1. The molecular weight excluding hydrogens is 268 g/mol. The summed E-state index contributed by atoms with van der Waals surface area (Å²) in [5, 5.41) is 0.511. The van der Waals surface area contributed by atoms with Crippen molar-refractivity contribution in [3.8, 4) is 11.5 Å². The summed E-state index contributed by atoms with van der Waals surface area (Å²) in [6.07, 6.45) is 3.12. The van der Waals surface area contributed by atoms with Gasteiger partial charge in [0.15, 0.2) is 0 Å². The van der Waals surface area contributed by atoms with Gasteiger partial charge in [-0.1, -0.05) is 29.9 Å². The van der Waals surface area contributed by atoms with Gasteiger partial charge in [-0.05, 0) is 24.6 Å². The molecule has 0 radical (unpaired) electrons. The third-order valence-corrected chi connectivity index (χ3v) is 2.74. The smallest absolute Gasteiger partial charge is 0.147 e. The maximum Gasteiger partial charge on any atom is 0.147 e. The molecule has 2 aromatic rings. The van der Waals surface area contributed by atoms with E-state index in [1.54, 1.807) is 18.5 Å². The lowest BCUT2D eigenvalue weighted by molar-refractivity contribution is 0.479. The number of aromatic nitrogens is 1. The zero-order valence-corrected chi connectivity index (χ0v) is 11.3. The largest absolute Gasteiger partial charge is 0.455 e. The van der Waals surface area contributed by atoms with E-state index in [1.807, 2.05) is 25.1 Å². The lowest BCUT2D eigenvalue weighted by Gasteiger charge is -2.11. The number of pyridine rings is 1. The van der Waals surface area contributed by atoms with Gasteiger partial charge in [0.05, 0.1) is 16.8 Å². The van der Waals surface area contributed by atoms with E-state index in [2.05, 4.69) is 4.98 Å². The normalized spacial score (nSPS) is 10.1. The first-order valence-electron chi connectivity index (χ1n) is 5.25. The zero-order valence-electron chi connectivity index (χ0n) is 9.68. The van der Waals surface area contributed by atoms with Crippen molar-refractivity contribution in [2.75, 3.05) is 0 Å². The molecule has 92 valence electrons. The number of rotatable bonds is 3. The number of nitrogens with zero attached hydrogens (tertiary/aromatic N) is 1. The third kappa shape index (κ3) is 2.97. The molecule has 18 heavy (non-hydrogen) atoms. The Kier molecular flexibility index (Phi) is 3.79. The van der Waals surface area contributed by atoms with Crippen LogP contribution >= 0.6 is 23.8 Å². The van der Waals surface area contributed by atoms with Crippen LogP contribution in [0.1, 0.15) is 11.1 Å². The van der Waals surface area contributed by atoms with Crippen molar-refractivity contribution in [3.63, 3.8) is 0 Å². The minimum Gasteiger partial charge on any atom is -0.455 e. The van der Waals surface area contributed by atoms with Crippen molar-refractivity contribution in [1.82, 2.24) is 4.98 Å². The summed E-state index contributed by atoms with van der Waals surface area (Å²) in [6, 6.07) is 7.32. The van der Waals surface area contributed by atoms with Crippen molar-refractivity contribution in [2.24, 2.45) is 5.73 Å². The molecule has 0 spiro atoms. The average molecular weight is 279 g/mol. The Hall–Kier alpha value is -1.65. The first-order valence-corrected chi connectivity index (χ1v) is 6.04. The molecule has 5 heteroatoms. The summed E-state index contributed by atoms with van der Waals surface area (Å²) < 4.78 is 5.72. The molecule has 0 bridgehead atoms. The summed E-state index contributed by atoms with van der Waals surface area (Å²) in [5.41, 5.74) is 7.40. The maximum absolute atomic E-state index is 5.85. The van der Waals surface area contributed by atoms with Gasteiger partial charge in [-0.2, -0.15) is 0 Å². The Labute approximate surface area is 116 Å². The van der Waals surface area contributed by atoms with Gasteiger partial charge in [-0.15, -0.1) is 0 Å². The maximum atomic E-state index is 5.85. The van der Waals surface area contributed by atoms with Crippen molar-refractivity contribution in [3.05, 3.63) is 52.8 Å². The molecule has 0 saturated heterocycles. The molecule has 0 amide bonds. The Balaban J connectivity index is 2.39. The number of nitrogens with two attached hydrogens (primary N) is 1. The summed E-state index contributed by atoms with van der Waals surface area (Å²) >= 11 is 10.8. The minimum atomic E-state index is 0.292. The molecule has 0 aliphatic rings. The monoisotopic (exact) mass is 278 g/mol. The van der Waals surface area contributed by atoms with Gasteiger partial charge in [0, 0.05) is 12.3 Å². The lowest BCUT2D eigenvalue weighted by Crippen LogP contribution is -2.10. The van der Waals surface area contributed by atoms with Gasteiger partial charge in [0.1, 0.15) is 16.5 Å². The van der Waals surface area contributed by atoms with E-state index in [0.717, 1.165) is 5.56 Å². The van der Waals surface area contributed by atoms with Crippen LogP contribution in [0, 0.1) is 6.92 Å². The minimum absolute atomic E-state index is 0.292. The van der Waals surface area contributed by atoms with E-state index in [9.17, 15) is 0 Å². The Morgan fingerprint density at radius 2 is 2.11 bits per heavy atom. The van der Waals surface area contributed by atoms with Crippen molar-refractivity contribution < 1.29 is 4.74 Å². The molecule has 1 aromatic heterocycles. The van der Waals surface area contributed by atoms with E-state index < -0.39 is 0 Å². The van der Waals surface area contributed by atoms with Crippen LogP contribution in [0.3, 0.4) is 0 Å². The molecule has 2 rings (SSSR count). The number of halogens is 1. The van der Waals surface area contributed by atoms with Gasteiger partial charge in [-0.25, -0.2) is 0 Å². The van der Waals surface area contributed by atoms with Crippen LogP contribution in [0.25, 0.3) is 0 Å². The molecule has 0 fully saturated rings. The predicted octanol–water partition coefficient (Wildman–Crippen LogP) is 3.47. The van der Waals surface area contributed by atoms with Crippen molar-refractivity contribution in [1.29, 1.82) is 0 Å². The van der Waals surface area contributed by atoms with E-state index in [0.29, 0.717) is 27.1 Å². The van der Waals surface area contributed by atoms with Gasteiger partial charge in [0.25, 0.3) is 0 Å². The molecule has 2 N–H and O–H groups in total. The molecular formula is C13H11ClN2OS. The van der Waals surface area contributed by atoms with Crippen LogP contribution in [0.5, 0.6) is 11.5 Å². The second kappa shape index (κ2) is 5.33. The molecule has 0 saturated carbocycles. The van der Waals surface area contributed by atoms with Crippen molar-refractivity contribution >= 4 is 28.8 Å². The summed E-state index contributed by atoms with van der Waals surface area (Å²) in [4.78, 5) is 4.25. The standard InChI is InChI=1S/C13H11ClN2OS/c1-8-2-3-11(13(15)18)12(4-8)17-10-5-9(14)6-16-7-10/h2-7H,1H3,(H2,15,18). The molecule has 0 atom stereocenters. The molecule has 0 unspecified atom stereocenters. The predicted molar refractivity (Wildman–Crippen MR) is 76.4 cm³/mol. The van der Waals surface area contributed by atoms with Crippen LogP contribution in [-0.2, 0) is 0 Å². The van der Waals surface area contributed by atoms with Gasteiger partial charge in [-0.3, -0.25) is 4.98 Å². The number of ether oxygens (including phenoxy) is 1. The molecule has 1 heterocycles. The highest BCUT2D eigenvalue weighted by molar-refractivity contribution is 7.80. The van der Waals surface area contributed by atoms with E-state index >= 15 is 0 Å². The summed E-state index contributed by atoms with van der Waals surface area (Å²) in [7, 11) is 0. The van der Waals surface area contributed by atoms with Crippen LogP contribution in [0.15, 0.2) is 36.7 Å². The fourth-order valence-corrected chi connectivity index (χ4v) is 1.83. The number of hydrogen-bond acceptors (Lipinski definition) is 3. The Morgan fingerprint density at radius 3 is 2.78 bits per heavy atom. The van der Waals surface area contributed by atoms with Crippen LogP contribution in [0.2, 0.25) is 5.02 Å². The second-order valence-electron chi connectivity index (χ2n) is 3.80. The Bertz CT molecular complexity index is 601. The summed E-state index contributed by atoms with van der Waals surface area (Å²) in [6.45, 7) is 1.96. The molecule has 3 nitrogen and oxygen atoms in total. The number of hydrogen-bond donors (Lipinski definition) is 1. The number of thiocarbonyl (C=S) groups is 1.